The number of rotatable bonds is 5. The minimum Gasteiger partial charge on any atom is -0.275 e. The second-order valence-corrected chi connectivity index (χ2v) is 9.29. The predicted molar refractivity (Wildman–Crippen MR) is 90.2 cm³/mol. The van der Waals surface area contributed by atoms with Gasteiger partial charge in [-0.1, -0.05) is 61.3 Å². The van der Waals surface area contributed by atoms with Crippen molar-refractivity contribution in [3.05, 3.63) is 28.8 Å². The fourth-order valence-corrected chi connectivity index (χ4v) is 4.80. The monoisotopic (exact) mass is 365 g/mol. The van der Waals surface area contributed by atoms with Gasteiger partial charge in [0.25, 0.3) is 10.0 Å². The summed E-state index contributed by atoms with van der Waals surface area (Å²) in [7, 11) is -9.84. The zero-order valence-electron chi connectivity index (χ0n) is 14.2. The molecule has 1 aromatic carbocycles. The Labute approximate surface area is 138 Å². The zero-order valence-corrected chi connectivity index (χ0v) is 15.8. The summed E-state index contributed by atoms with van der Waals surface area (Å²) >= 11 is 0. The van der Waals surface area contributed by atoms with E-state index in [0.717, 1.165) is 5.56 Å². The smallest absolute Gasteiger partial charge is 0.275 e. The van der Waals surface area contributed by atoms with Gasteiger partial charge in [0.05, 0.1) is 4.90 Å². The molecule has 0 aliphatic heterocycles. The number of benzene rings is 1. The van der Waals surface area contributed by atoms with E-state index in [4.69, 9.17) is 4.55 Å². The summed E-state index contributed by atoms with van der Waals surface area (Å²) in [5.41, 5.74) is 1.92. The van der Waals surface area contributed by atoms with Crippen LogP contribution in [0.15, 0.2) is 20.8 Å². The average Bonchev–Trinajstić information content (AvgIpc) is 2.33. The minimum absolute atomic E-state index is 0.161. The van der Waals surface area contributed by atoms with Crippen LogP contribution in [-0.4, -0.2) is 17.2 Å². The molecular weight excluding hydrogens is 341 g/mol. The summed E-state index contributed by atoms with van der Waals surface area (Å²) < 4.78 is 60.0. The molecule has 1 N–H and O–H groups in total. The Hall–Kier alpha value is -0.990. The molecule has 0 saturated heterocycles. The first-order valence-electron chi connectivity index (χ1n) is 7.39. The number of hydrogen-bond donors (Lipinski definition) is 1. The predicted octanol–water partition coefficient (Wildman–Crippen LogP) is 4.57. The quantitative estimate of drug-likeness (QED) is 0.775. The third kappa shape index (κ3) is 4.99. The molecule has 5 nitrogen and oxygen atoms in total. The fraction of sp³-hybridized carbons (Fsp3) is 0.600. The van der Waals surface area contributed by atoms with Crippen LogP contribution in [0, 0.1) is 0 Å². The molecule has 0 aliphatic carbocycles. The molecule has 23 heavy (non-hydrogen) atoms. The highest BCUT2D eigenvalue weighted by atomic mass is 32.3. The van der Waals surface area contributed by atoms with Crippen molar-refractivity contribution in [3.63, 3.8) is 0 Å². The molecule has 0 amide bonds. The summed E-state index contributed by atoms with van der Waals surface area (Å²) in [6.45, 7) is 11.2. The van der Waals surface area contributed by atoms with Gasteiger partial charge in [-0.3, -0.25) is 4.55 Å². The molecule has 1 atom stereocenters. The molecule has 0 saturated carbocycles. The maximum atomic E-state index is 13.0. The highest BCUT2D eigenvalue weighted by molar-refractivity contribution is 7.98. The number of sulfonamides is 1. The largest absolute Gasteiger partial charge is 0.342 e. The van der Waals surface area contributed by atoms with Gasteiger partial charge < -0.3 is 0 Å². The van der Waals surface area contributed by atoms with E-state index in [2.05, 4.69) is 3.77 Å². The second kappa shape index (κ2) is 6.86. The summed E-state index contributed by atoms with van der Waals surface area (Å²) in [5, 5.41) is 0. The lowest BCUT2D eigenvalue weighted by Crippen LogP contribution is -2.12. The first kappa shape index (κ1) is 20.1. The minimum atomic E-state index is -5.25. The number of nitrogens with zero attached hydrogens (tertiary/aromatic N) is 1. The summed E-state index contributed by atoms with van der Waals surface area (Å²) in [6.07, 6.45) is 0. The molecule has 1 aromatic rings. The molecule has 0 aromatic heterocycles. The van der Waals surface area contributed by atoms with Gasteiger partial charge in [0.2, 0.25) is 0 Å². The molecule has 0 bridgehead atoms. The summed E-state index contributed by atoms with van der Waals surface area (Å²) in [6, 6.07) is 3.50. The molecule has 1 unspecified atom stereocenters. The van der Waals surface area contributed by atoms with E-state index in [1.807, 2.05) is 41.5 Å². The topological polar surface area (TPSA) is 83.8 Å². The van der Waals surface area contributed by atoms with Gasteiger partial charge >= 0.3 is 10.4 Å². The van der Waals surface area contributed by atoms with E-state index in [0.29, 0.717) is 11.1 Å². The van der Waals surface area contributed by atoms with Gasteiger partial charge in [0, 0.05) is 0 Å². The van der Waals surface area contributed by atoms with E-state index in [1.54, 1.807) is 12.1 Å². The third-order valence-corrected chi connectivity index (χ3v) is 6.04. The van der Waals surface area contributed by atoms with E-state index < -0.39 is 20.4 Å². The van der Waals surface area contributed by atoms with Crippen molar-refractivity contribution < 1.29 is 21.1 Å². The van der Waals surface area contributed by atoms with Crippen molar-refractivity contribution in [1.29, 1.82) is 0 Å². The van der Waals surface area contributed by atoms with E-state index in [-0.39, 0.29) is 22.6 Å². The SMILES string of the molecule is CC(C)c1cc(C(C)C)c(S(=O)(=O)N=S(=O)(O)F)c(C(C)C)c1. The highest BCUT2D eigenvalue weighted by Gasteiger charge is 2.28. The molecule has 132 valence electrons. The van der Waals surface area contributed by atoms with Crippen molar-refractivity contribution in [2.75, 3.05) is 0 Å². The molecule has 8 heteroatoms. The summed E-state index contributed by atoms with van der Waals surface area (Å²) in [4.78, 5) is -0.161. The van der Waals surface area contributed by atoms with Crippen LogP contribution in [0.25, 0.3) is 0 Å². The van der Waals surface area contributed by atoms with Crippen LogP contribution in [0.5, 0.6) is 0 Å². The second-order valence-electron chi connectivity index (χ2n) is 6.47. The van der Waals surface area contributed by atoms with Crippen LogP contribution in [0.3, 0.4) is 0 Å². The Balaban J connectivity index is 3.94. The molecule has 0 radical (unpaired) electrons. The zero-order chi connectivity index (χ0) is 18.2. The van der Waals surface area contributed by atoms with Crippen molar-refractivity contribution in [1.82, 2.24) is 0 Å². The number of hydrogen-bond acceptors (Lipinski definition) is 3. The van der Waals surface area contributed by atoms with Crippen molar-refractivity contribution >= 4 is 20.4 Å². The Morgan fingerprint density at radius 2 is 1.30 bits per heavy atom. The molecule has 0 aliphatic rings. The van der Waals surface area contributed by atoms with Gasteiger partial charge in [0.15, 0.2) is 0 Å². The van der Waals surface area contributed by atoms with E-state index >= 15 is 0 Å². The lowest BCUT2D eigenvalue weighted by Gasteiger charge is -2.21. The van der Waals surface area contributed by atoms with Crippen LogP contribution in [0.4, 0.5) is 3.89 Å². The highest BCUT2D eigenvalue weighted by Crippen LogP contribution is 2.36. The first-order chi connectivity index (χ1) is 10.3. The van der Waals surface area contributed by atoms with E-state index in [9.17, 15) is 16.5 Å². The normalized spacial score (nSPS) is 15.3. The maximum absolute atomic E-state index is 13.0. The van der Waals surface area contributed by atoms with Crippen LogP contribution < -0.4 is 0 Å². The van der Waals surface area contributed by atoms with Crippen LogP contribution in [-0.2, 0) is 20.4 Å². The van der Waals surface area contributed by atoms with Crippen LogP contribution in [0.2, 0.25) is 0 Å². The van der Waals surface area contributed by atoms with Crippen molar-refractivity contribution in [2.45, 2.75) is 64.2 Å². The lowest BCUT2D eigenvalue weighted by molar-refractivity contribution is 0.503. The van der Waals surface area contributed by atoms with Gasteiger partial charge in [0.1, 0.15) is 0 Å². The molecular formula is C15H24FNO4S2. The Morgan fingerprint density at radius 1 is 0.913 bits per heavy atom. The van der Waals surface area contributed by atoms with Crippen LogP contribution >= 0.6 is 0 Å². The maximum Gasteiger partial charge on any atom is 0.342 e. The van der Waals surface area contributed by atoms with Gasteiger partial charge in [-0.05, 0) is 34.4 Å². The first-order valence-corrected chi connectivity index (χ1v) is 10.2. The molecule has 1 rings (SSSR count). The van der Waals surface area contributed by atoms with Crippen molar-refractivity contribution in [2.24, 2.45) is 3.77 Å². The Bertz CT molecular complexity index is 768. The fourth-order valence-electron chi connectivity index (χ4n) is 2.35. The van der Waals surface area contributed by atoms with Gasteiger partial charge in [-0.15, -0.1) is 0 Å². The summed E-state index contributed by atoms with van der Waals surface area (Å²) in [5.74, 6) is -0.150. The average molecular weight is 365 g/mol. The molecule has 0 fully saturated rings. The Morgan fingerprint density at radius 3 is 1.57 bits per heavy atom. The Kier molecular flexibility index (Phi) is 5.98. The van der Waals surface area contributed by atoms with Gasteiger partial charge in [-0.25, -0.2) is 0 Å². The van der Waals surface area contributed by atoms with E-state index in [1.165, 1.54) is 0 Å². The lowest BCUT2D eigenvalue weighted by atomic mass is 9.89. The standard InChI is InChI=1S/C15H24FNO4S2/c1-9(2)12-7-13(10(3)4)15(14(8-12)11(5)6)22(18,19)17-23(16,20)21/h7-11H,1-6H3,(H,17,20,21). The number of halogens is 1. The van der Waals surface area contributed by atoms with Crippen molar-refractivity contribution in [3.8, 4) is 0 Å². The molecule has 0 spiro atoms. The van der Waals surface area contributed by atoms with Gasteiger partial charge in [-0.2, -0.15) is 12.6 Å². The third-order valence-electron chi connectivity index (χ3n) is 3.53. The molecule has 0 heterocycles. The van der Waals surface area contributed by atoms with Crippen LogP contribution in [0.1, 0.15) is 76.0 Å².